The zero-order valence-electron chi connectivity index (χ0n) is 11.8. The number of hydrogen-bond acceptors (Lipinski definition) is 4. The van der Waals surface area contributed by atoms with Gasteiger partial charge in [0.25, 0.3) is 0 Å². The Morgan fingerprint density at radius 2 is 1.95 bits per heavy atom. The van der Waals surface area contributed by atoms with Gasteiger partial charge in [0.15, 0.2) is 5.78 Å². The molecule has 0 heterocycles. The SMILES string of the molecule is Br.CCN(CC)CCOc1ccc(N)cc1C(C)=O. The maximum absolute atomic E-state index is 11.5. The van der Waals surface area contributed by atoms with E-state index in [-0.39, 0.29) is 22.8 Å². The molecule has 0 aliphatic carbocycles. The van der Waals surface area contributed by atoms with E-state index in [2.05, 4.69) is 18.7 Å². The quantitative estimate of drug-likeness (QED) is 0.617. The van der Waals surface area contributed by atoms with Crippen molar-refractivity contribution >= 4 is 28.5 Å². The number of likely N-dealkylation sites (N-methyl/N-ethyl adjacent to an activating group) is 1. The number of carbonyl (C=O) groups is 1. The van der Waals surface area contributed by atoms with Crippen molar-refractivity contribution in [3.8, 4) is 5.75 Å². The van der Waals surface area contributed by atoms with Gasteiger partial charge >= 0.3 is 0 Å². The van der Waals surface area contributed by atoms with E-state index >= 15 is 0 Å². The van der Waals surface area contributed by atoms with Crippen molar-refractivity contribution in [2.45, 2.75) is 20.8 Å². The van der Waals surface area contributed by atoms with E-state index in [0.29, 0.717) is 23.6 Å². The zero-order chi connectivity index (χ0) is 13.5. The van der Waals surface area contributed by atoms with Gasteiger partial charge < -0.3 is 15.4 Å². The van der Waals surface area contributed by atoms with Gasteiger partial charge in [-0.3, -0.25) is 4.79 Å². The number of anilines is 1. The predicted octanol–water partition coefficient (Wildman–Crippen LogP) is 2.77. The number of ketones is 1. The third-order valence-corrected chi connectivity index (χ3v) is 2.94. The lowest BCUT2D eigenvalue weighted by Crippen LogP contribution is -2.28. The van der Waals surface area contributed by atoms with Gasteiger partial charge in [-0.25, -0.2) is 0 Å². The summed E-state index contributed by atoms with van der Waals surface area (Å²) in [6.07, 6.45) is 0. The highest BCUT2D eigenvalue weighted by Crippen LogP contribution is 2.21. The van der Waals surface area contributed by atoms with Gasteiger partial charge in [0.2, 0.25) is 0 Å². The standard InChI is InChI=1S/C14H22N2O2.BrH/c1-4-16(5-2)8-9-18-14-7-6-12(15)10-13(14)11(3)17;/h6-7,10H,4-5,8-9,15H2,1-3H3;1H. The second kappa shape index (κ2) is 8.93. The minimum atomic E-state index is -0.0276. The average Bonchev–Trinajstić information content (AvgIpc) is 2.36. The Morgan fingerprint density at radius 1 is 1.32 bits per heavy atom. The Hall–Kier alpha value is -1.07. The summed E-state index contributed by atoms with van der Waals surface area (Å²) in [7, 11) is 0. The average molecular weight is 331 g/mol. The highest BCUT2D eigenvalue weighted by molar-refractivity contribution is 8.93. The van der Waals surface area contributed by atoms with Crippen molar-refractivity contribution in [3.05, 3.63) is 23.8 Å². The van der Waals surface area contributed by atoms with E-state index in [1.54, 1.807) is 18.2 Å². The number of Topliss-reactive ketones (excluding diaryl/α,β-unsaturated/α-hetero) is 1. The summed E-state index contributed by atoms with van der Waals surface area (Å²) in [4.78, 5) is 13.8. The summed E-state index contributed by atoms with van der Waals surface area (Å²) in [6, 6.07) is 5.17. The Labute approximate surface area is 125 Å². The van der Waals surface area contributed by atoms with E-state index < -0.39 is 0 Å². The fraction of sp³-hybridized carbons (Fsp3) is 0.500. The van der Waals surface area contributed by atoms with E-state index in [1.165, 1.54) is 6.92 Å². The molecule has 5 heteroatoms. The molecule has 0 atom stereocenters. The first kappa shape index (κ1) is 17.9. The van der Waals surface area contributed by atoms with Crippen LogP contribution in [-0.2, 0) is 0 Å². The van der Waals surface area contributed by atoms with Crippen LogP contribution in [0.15, 0.2) is 18.2 Å². The minimum absolute atomic E-state index is 0. The maximum Gasteiger partial charge on any atom is 0.163 e. The Bertz CT molecular complexity index is 406. The predicted molar refractivity (Wildman–Crippen MR) is 84.5 cm³/mol. The van der Waals surface area contributed by atoms with Crippen molar-refractivity contribution in [1.82, 2.24) is 4.90 Å². The number of carbonyl (C=O) groups excluding carboxylic acids is 1. The smallest absolute Gasteiger partial charge is 0.163 e. The number of ether oxygens (including phenoxy) is 1. The van der Waals surface area contributed by atoms with Gasteiger partial charge in [-0.15, -0.1) is 17.0 Å². The summed E-state index contributed by atoms with van der Waals surface area (Å²) < 4.78 is 5.67. The van der Waals surface area contributed by atoms with Crippen LogP contribution in [0.1, 0.15) is 31.1 Å². The van der Waals surface area contributed by atoms with Crippen LogP contribution in [0.25, 0.3) is 0 Å². The molecule has 0 amide bonds. The Morgan fingerprint density at radius 3 is 2.47 bits per heavy atom. The topological polar surface area (TPSA) is 55.6 Å². The molecule has 0 unspecified atom stereocenters. The number of nitrogens with two attached hydrogens (primary N) is 1. The summed E-state index contributed by atoms with van der Waals surface area (Å²) in [5, 5.41) is 0. The molecule has 0 fully saturated rings. The van der Waals surface area contributed by atoms with Crippen molar-refractivity contribution in [2.75, 3.05) is 32.0 Å². The molecule has 0 saturated carbocycles. The highest BCUT2D eigenvalue weighted by Gasteiger charge is 2.09. The van der Waals surface area contributed by atoms with Gasteiger partial charge in [0, 0.05) is 12.2 Å². The molecule has 0 aliphatic heterocycles. The summed E-state index contributed by atoms with van der Waals surface area (Å²) in [5.74, 6) is 0.587. The molecule has 1 rings (SSSR count). The van der Waals surface area contributed by atoms with Crippen molar-refractivity contribution in [2.24, 2.45) is 0 Å². The number of benzene rings is 1. The van der Waals surface area contributed by atoms with E-state index in [0.717, 1.165) is 19.6 Å². The molecule has 1 aromatic rings. The van der Waals surface area contributed by atoms with Gasteiger partial charge in [-0.1, -0.05) is 13.8 Å². The van der Waals surface area contributed by atoms with Gasteiger partial charge in [0.1, 0.15) is 12.4 Å². The van der Waals surface area contributed by atoms with E-state index in [1.807, 2.05) is 0 Å². The van der Waals surface area contributed by atoms with Crippen molar-refractivity contribution < 1.29 is 9.53 Å². The second-order valence-electron chi connectivity index (χ2n) is 4.19. The van der Waals surface area contributed by atoms with Gasteiger partial charge in [0.05, 0.1) is 5.56 Å². The molecule has 4 nitrogen and oxygen atoms in total. The Balaban J connectivity index is 0.00000324. The van der Waals surface area contributed by atoms with Crippen molar-refractivity contribution in [1.29, 1.82) is 0 Å². The van der Waals surface area contributed by atoms with Crippen LogP contribution >= 0.6 is 17.0 Å². The molecular formula is C14H23BrN2O2. The molecule has 0 radical (unpaired) electrons. The van der Waals surface area contributed by atoms with E-state index in [4.69, 9.17) is 10.5 Å². The lowest BCUT2D eigenvalue weighted by molar-refractivity contribution is 0.101. The molecule has 0 saturated heterocycles. The largest absolute Gasteiger partial charge is 0.491 e. The molecule has 1 aromatic carbocycles. The van der Waals surface area contributed by atoms with Crippen LogP contribution in [0, 0.1) is 0 Å². The van der Waals surface area contributed by atoms with Gasteiger partial charge in [-0.05, 0) is 38.2 Å². The first-order valence-corrected chi connectivity index (χ1v) is 6.34. The summed E-state index contributed by atoms with van der Waals surface area (Å²) in [5.41, 5.74) is 6.80. The summed E-state index contributed by atoms with van der Waals surface area (Å²) in [6.45, 7) is 9.19. The van der Waals surface area contributed by atoms with Crippen LogP contribution in [0.3, 0.4) is 0 Å². The monoisotopic (exact) mass is 330 g/mol. The number of rotatable bonds is 7. The van der Waals surface area contributed by atoms with Crippen molar-refractivity contribution in [3.63, 3.8) is 0 Å². The van der Waals surface area contributed by atoms with Crippen LogP contribution in [0.4, 0.5) is 5.69 Å². The fourth-order valence-corrected chi connectivity index (χ4v) is 1.77. The lowest BCUT2D eigenvalue weighted by atomic mass is 10.1. The second-order valence-corrected chi connectivity index (χ2v) is 4.19. The third-order valence-electron chi connectivity index (χ3n) is 2.94. The molecule has 0 spiro atoms. The summed E-state index contributed by atoms with van der Waals surface area (Å²) >= 11 is 0. The Kier molecular flexibility index (Phi) is 8.43. The molecule has 0 aromatic heterocycles. The van der Waals surface area contributed by atoms with Gasteiger partial charge in [-0.2, -0.15) is 0 Å². The molecular weight excluding hydrogens is 308 g/mol. The number of hydrogen-bond donors (Lipinski definition) is 1. The maximum atomic E-state index is 11.5. The zero-order valence-corrected chi connectivity index (χ0v) is 13.5. The highest BCUT2D eigenvalue weighted by atomic mass is 79.9. The first-order chi connectivity index (χ1) is 8.58. The molecule has 0 aliphatic rings. The molecule has 0 bridgehead atoms. The minimum Gasteiger partial charge on any atom is -0.491 e. The molecule has 19 heavy (non-hydrogen) atoms. The van der Waals surface area contributed by atoms with Crippen LogP contribution in [-0.4, -0.2) is 36.9 Å². The third kappa shape index (κ3) is 5.61. The molecule has 2 N–H and O–H groups in total. The normalized spacial score (nSPS) is 10.1. The lowest BCUT2D eigenvalue weighted by Gasteiger charge is -2.18. The van der Waals surface area contributed by atoms with E-state index in [9.17, 15) is 4.79 Å². The van der Waals surface area contributed by atoms with Crippen LogP contribution in [0.5, 0.6) is 5.75 Å². The first-order valence-electron chi connectivity index (χ1n) is 6.34. The van der Waals surface area contributed by atoms with Crippen LogP contribution in [0.2, 0.25) is 0 Å². The number of nitrogens with zero attached hydrogens (tertiary/aromatic N) is 1. The van der Waals surface area contributed by atoms with Crippen LogP contribution < -0.4 is 10.5 Å². The number of halogens is 1. The number of nitrogen functional groups attached to an aromatic ring is 1. The molecule has 108 valence electrons. The fourth-order valence-electron chi connectivity index (χ4n) is 1.77.